The summed E-state index contributed by atoms with van der Waals surface area (Å²) in [7, 11) is 0. The molecule has 0 aliphatic carbocycles. The Morgan fingerprint density at radius 3 is 2.60 bits per heavy atom. The Balaban J connectivity index is 1.34. The monoisotopic (exact) mass is 349 g/mol. The Kier molecular flexibility index (Phi) is 6.08. The SMILES string of the molecule is O=C(NCCN1CCOCC1)C(=O)NC[C@@H]1COc2ccccc2O1. The molecule has 3 rings (SSSR count). The molecular formula is C17H23N3O5. The first-order valence-corrected chi connectivity index (χ1v) is 8.47. The molecule has 1 saturated heterocycles. The molecule has 1 aromatic carbocycles. The Morgan fingerprint density at radius 1 is 1.08 bits per heavy atom. The van der Waals surface area contributed by atoms with E-state index < -0.39 is 11.8 Å². The van der Waals surface area contributed by atoms with Crippen LogP contribution in [0.25, 0.3) is 0 Å². The topological polar surface area (TPSA) is 89.1 Å². The van der Waals surface area contributed by atoms with E-state index in [1.54, 1.807) is 0 Å². The van der Waals surface area contributed by atoms with Crippen LogP contribution in [0.2, 0.25) is 0 Å². The lowest BCUT2D eigenvalue weighted by Crippen LogP contribution is -2.47. The summed E-state index contributed by atoms with van der Waals surface area (Å²) in [4.78, 5) is 25.9. The van der Waals surface area contributed by atoms with Crippen molar-refractivity contribution in [2.45, 2.75) is 6.10 Å². The van der Waals surface area contributed by atoms with E-state index >= 15 is 0 Å². The van der Waals surface area contributed by atoms with Gasteiger partial charge in [0.25, 0.3) is 0 Å². The van der Waals surface area contributed by atoms with E-state index in [1.165, 1.54) is 0 Å². The predicted molar refractivity (Wildman–Crippen MR) is 89.6 cm³/mol. The maximum absolute atomic E-state index is 11.9. The first kappa shape index (κ1) is 17.5. The van der Waals surface area contributed by atoms with Crippen LogP contribution >= 0.6 is 0 Å². The molecule has 1 atom stereocenters. The molecule has 2 aliphatic heterocycles. The van der Waals surface area contributed by atoms with Gasteiger partial charge in [0.05, 0.1) is 19.8 Å². The van der Waals surface area contributed by atoms with Crippen LogP contribution in [0.4, 0.5) is 0 Å². The molecule has 0 spiro atoms. The fourth-order valence-electron chi connectivity index (χ4n) is 2.68. The number of nitrogens with one attached hydrogen (secondary N) is 2. The van der Waals surface area contributed by atoms with Crippen molar-refractivity contribution >= 4 is 11.8 Å². The highest BCUT2D eigenvalue weighted by molar-refractivity contribution is 6.35. The maximum Gasteiger partial charge on any atom is 0.309 e. The number of ether oxygens (including phenoxy) is 3. The summed E-state index contributed by atoms with van der Waals surface area (Å²) in [6.07, 6.45) is -0.319. The molecule has 0 bridgehead atoms. The lowest BCUT2D eigenvalue weighted by molar-refractivity contribution is -0.139. The molecule has 2 amide bonds. The Morgan fingerprint density at radius 2 is 1.80 bits per heavy atom. The highest BCUT2D eigenvalue weighted by atomic mass is 16.6. The Bertz CT molecular complexity index is 604. The number of para-hydroxylation sites is 2. The molecule has 1 fully saturated rings. The van der Waals surface area contributed by atoms with Gasteiger partial charge in [0.1, 0.15) is 12.7 Å². The number of nitrogens with zero attached hydrogens (tertiary/aromatic N) is 1. The lowest BCUT2D eigenvalue weighted by Gasteiger charge is -2.27. The minimum atomic E-state index is -0.663. The second-order valence-corrected chi connectivity index (χ2v) is 5.92. The van der Waals surface area contributed by atoms with Gasteiger partial charge >= 0.3 is 11.8 Å². The largest absolute Gasteiger partial charge is 0.486 e. The van der Waals surface area contributed by atoms with Crippen molar-refractivity contribution in [2.24, 2.45) is 0 Å². The molecule has 2 heterocycles. The fraction of sp³-hybridized carbons (Fsp3) is 0.529. The number of fused-ring (bicyclic) bond motifs is 1. The molecule has 2 aliphatic rings. The minimum absolute atomic E-state index is 0.212. The fourth-order valence-corrected chi connectivity index (χ4v) is 2.68. The predicted octanol–water partition coefficient (Wildman–Crippen LogP) is -0.609. The van der Waals surface area contributed by atoms with Crippen molar-refractivity contribution in [2.75, 3.05) is 52.5 Å². The van der Waals surface area contributed by atoms with Crippen LogP contribution in [0.3, 0.4) is 0 Å². The summed E-state index contributed by atoms with van der Waals surface area (Å²) in [5.41, 5.74) is 0. The van der Waals surface area contributed by atoms with Crippen LogP contribution in [0.15, 0.2) is 24.3 Å². The van der Waals surface area contributed by atoms with E-state index in [2.05, 4.69) is 15.5 Å². The molecular weight excluding hydrogens is 326 g/mol. The summed E-state index contributed by atoms with van der Waals surface area (Å²) in [6, 6.07) is 7.35. The molecule has 8 heteroatoms. The van der Waals surface area contributed by atoms with Crippen molar-refractivity contribution in [1.82, 2.24) is 15.5 Å². The van der Waals surface area contributed by atoms with Gasteiger partial charge in [0.2, 0.25) is 0 Å². The van der Waals surface area contributed by atoms with Crippen LogP contribution in [-0.2, 0) is 14.3 Å². The smallest absolute Gasteiger partial charge is 0.309 e. The average Bonchev–Trinajstić information content (AvgIpc) is 2.66. The van der Waals surface area contributed by atoms with Crippen molar-refractivity contribution in [1.29, 1.82) is 0 Å². The quantitative estimate of drug-likeness (QED) is 0.690. The number of rotatable bonds is 5. The molecule has 0 saturated carbocycles. The molecule has 1 aromatic rings. The van der Waals surface area contributed by atoms with Crippen LogP contribution in [-0.4, -0.2) is 75.4 Å². The molecule has 136 valence electrons. The highest BCUT2D eigenvalue weighted by Gasteiger charge is 2.22. The van der Waals surface area contributed by atoms with Crippen LogP contribution in [0, 0.1) is 0 Å². The van der Waals surface area contributed by atoms with Crippen molar-refractivity contribution < 1.29 is 23.8 Å². The average molecular weight is 349 g/mol. The third kappa shape index (κ3) is 5.07. The van der Waals surface area contributed by atoms with Crippen LogP contribution in [0.1, 0.15) is 0 Å². The van der Waals surface area contributed by atoms with E-state index in [9.17, 15) is 9.59 Å². The third-order valence-corrected chi connectivity index (χ3v) is 4.08. The number of benzene rings is 1. The van der Waals surface area contributed by atoms with Gasteiger partial charge in [-0.05, 0) is 12.1 Å². The maximum atomic E-state index is 11.9. The second kappa shape index (κ2) is 8.68. The summed E-state index contributed by atoms with van der Waals surface area (Å²) < 4.78 is 16.6. The normalized spacial score (nSPS) is 19.9. The zero-order chi connectivity index (χ0) is 17.5. The standard InChI is InChI=1S/C17H23N3O5/c21-16(18-5-6-20-7-9-23-10-8-20)17(22)19-11-13-12-24-14-3-1-2-4-15(14)25-13/h1-4,13H,5-12H2,(H,18,21)(H,19,22)/t13-/m1/s1. The minimum Gasteiger partial charge on any atom is -0.486 e. The highest BCUT2D eigenvalue weighted by Crippen LogP contribution is 2.30. The van der Waals surface area contributed by atoms with Gasteiger partial charge in [0.15, 0.2) is 11.5 Å². The molecule has 2 N–H and O–H groups in total. The van der Waals surface area contributed by atoms with Gasteiger partial charge in [-0.15, -0.1) is 0 Å². The van der Waals surface area contributed by atoms with E-state index in [-0.39, 0.29) is 12.6 Å². The van der Waals surface area contributed by atoms with Crippen LogP contribution in [0.5, 0.6) is 11.5 Å². The van der Waals surface area contributed by atoms with Gasteiger partial charge in [-0.3, -0.25) is 14.5 Å². The second-order valence-electron chi connectivity index (χ2n) is 5.92. The number of hydrogen-bond donors (Lipinski definition) is 2. The lowest BCUT2D eigenvalue weighted by atomic mass is 10.2. The number of amides is 2. The third-order valence-electron chi connectivity index (χ3n) is 4.08. The van der Waals surface area contributed by atoms with Gasteiger partial charge in [0, 0.05) is 26.2 Å². The first-order chi connectivity index (χ1) is 12.2. The van der Waals surface area contributed by atoms with Crippen molar-refractivity contribution in [3.05, 3.63) is 24.3 Å². The van der Waals surface area contributed by atoms with Gasteiger partial charge in [-0.1, -0.05) is 12.1 Å². The van der Waals surface area contributed by atoms with Gasteiger partial charge < -0.3 is 24.8 Å². The number of carbonyl (C=O) groups excluding carboxylic acids is 2. The molecule has 25 heavy (non-hydrogen) atoms. The summed E-state index contributed by atoms with van der Waals surface area (Å²) >= 11 is 0. The summed E-state index contributed by atoms with van der Waals surface area (Å²) in [5.74, 6) is 0.0312. The number of carbonyl (C=O) groups is 2. The zero-order valence-electron chi connectivity index (χ0n) is 14.0. The van der Waals surface area contributed by atoms with Crippen molar-refractivity contribution in [3.63, 3.8) is 0 Å². The van der Waals surface area contributed by atoms with E-state index in [1.807, 2.05) is 24.3 Å². The van der Waals surface area contributed by atoms with Crippen LogP contribution < -0.4 is 20.1 Å². The van der Waals surface area contributed by atoms with Gasteiger partial charge in [-0.2, -0.15) is 0 Å². The Hall–Kier alpha value is -2.32. The molecule has 0 radical (unpaired) electrons. The van der Waals surface area contributed by atoms with Crippen molar-refractivity contribution in [3.8, 4) is 11.5 Å². The number of morpholine rings is 1. The van der Waals surface area contributed by atoms with E-state index in [0.29, 0.717) is 44.4 Å². The molecule has 0 unspecified atom stereocenters. The molecule has 8 nitrogen and oxygen atoms in total. The van der Waals surface area contributed by atoms with E-state index in [0.717, 1.165) is 13.1 Å². The van der Waals surface area contributed by atoms with Gasteiger partial charge in [-0.25, -0.2) is 0 Å². The van der Waals surface area contributed by atoms with E-state index in [4.69, 9.17) is 14.2 Å². The zero-order valence-corrected chi connectivity index (χ0v) is 14.0. The Labute approximate surface area is 146 Å². The summed E-state index contributed by atoms with van der Waals surface area (Å²) in [5, 5.41) is 5.21. The summed E-state index contributed by atoms with van der Waals surface area (Å²) in [6.45, 7) is 4.80. The first-order valence-electron chi connectivity index (χ1n) is 8.47. The molecule has 0 aromatic heterocycles. The number of hydrogen-bond acceptors (Lipinski definition) is 6.